The van der Waals surface area contributed by atoms with Crippen molar-refractivity contribution in [3.05, 3.63) is 47.3 Å². The molecule has 0 aromatic carbocycles. The third-order valence-corrected chi connectivity index (χ3v) is 6.11. The number of aryl methyl sites for hydroxylation is 2. The highest BCUT2D eigenvalue weighted by Crippen LogP contribution is 2.29. The van der Waals surface area contributed by atoms with Crippen molar-refractivity contribution in [3.8, 4) is 0 Å². The van der Waals surface area contributed by atoms with Crippen LogP contribution in [0.25, 0.3) is 0 Å². The molecule has 0 unspecified atom stereocenters. The molecule has 0 saturated carbocycles. The zero-order chi connectivity index (χ0) is 22.5. The van der Waals surface area contributed by atoms with Crippen molar-refractivity contribution in [2.24, 2.45) is 0 Å². The maximum absolute atomic E-state index is 13.1. The van der Waals surface area contributed by atoms with Crippen LogP contribution >= 0.6 is 0 Å². The fourth-order valence-electron chi connectivity index (χ4n) is 4.38. The lowest BCUT2D eigenvalue weighted by Crippen LogP contribution is -2.36. The number of amides is 2. The number of nitrogens with one attached hydrogen (secondary N) is 2. The van der Waals surface area contributed by atoms with Gasteiger partial charge in [-0.15, -0.1) is 0 Å². The highest BCUT2D eigenvalue weighted by molar-refractivity contribution is 5.78. The van der Waals surface area contributed by atoms with Crippen LogP contribution in [-0.4, -0.2) is 70.1 Å². The van der Waals surface area contributed by atoms with E-state index in [1.165, 1.54) is 5.56 Å². The first-order valence-electron chi connectivity index (χ1n) is 11.2. The summed E-state index contributed by atoms with van der Waals surface area (Å²) in [6, 6.07) is 7.21. The molecule has 0 radical (unpaired) electrons. The molecular weight excluding hydrogens is 408 g/mol. The summed E-state index contributed by atoms with van der Waals surface area (Å²) in [6.45, 7) is 2.69. The van der Waals surface area contributed by atoms with Gasteiger partial charge in [0.05, 0.1) is 12.5 Å². The lowest BCUT2D eigenvalue weighted by Gasteiger charge is -2.27. The van der Waals surface area contributed by atoms with Gasteiger partial charge in [-0.1, -0.05) is 12.1 Å². The molecule has 2 aromatic heterocycles. The van der Waals surface area contributed by atoms with E-state index in [4.69, 9.17) is 4.98 Å². The van der Waals surface area contributed by atoms with Gasteiger partial charge in [0.1, 0.15) is 11.6 Å². The first kappa shape index (κ1) is 21.9. The van der Waals surface area contributed by atoms with Gasteiger partial charge >= 0.3 is 12.0 Å². The molecule has 9 heteroatoms. The third kappa shape index (κ3) is 4.92. The van der Waals surface area contributed by atoms with Gasteiger partial charge in [0.25, 0.3) is 0 Å². The summed E-state index contributed by atoms with van der Waals surface area (Å²) >= 11 is 0. The van der Waals surface area contributed by atoms with E-state index in [1.807, 2.05) is 6.07 Å². The van der Waals surface area contributed by atoms with Crippen LogP contribution in [0.15, 0.2) is 30.5 Å². The SMILES string of the molecule is CNc1ccc([C@@H](CC(=O)O)N2CCN(CCCc3ccc4c(n3)NCCC4)C2=O)cn1. The highest BCUT2D eigenvalue weighted by atomic mass is 16.4. The first-order valence-corrected chi connectivity index (χ1v) is 11.2. The molecule has 2 aliphatic heterocycles. The molecule has 2 aliphatic rings. The van der Waals surface area contributed by atoms with Crippen LogP contribution in [0.2, 0.25) is 0 Å². The smallest absolute Gasteiger partial charge is 0.320 e. The van der Waals surface area contributed by atoms with Crippen molar-refractivity contribution in [3.63, 3.8) is 0 Å². The van der Waals surface area contributed by atoms with Crippen molar-refractivity contribution < 1.29 is 14.7 Å². The number of anilines is 2. The van der Waals surface area contributed by atoms with E-state index in [9.17, 15) is 14.7 Å². The number of carbonyl (C=O) groups excluding carboxylic acids is 1. The van der Waals surface area contributed by atoms with Crippen LogP contribution in [0.3, 0.4) is 0 Å². The molecule has 1 saturated heterocycles. The lowest BCUT2D eigenvalue weighted by atomic mass is 10.0. The molecule has 0 spiro atoms. The number of urea groups is 1. The highest BCUT2D eigenvalue weighted by Gasteiger charge is 2.35. The van der Waals surface area contributed by atoms with Gasteiger partial charge < -0.3 is 25.5 Å². The Kier molecular flexibility index (Phi) is 6.72. The minimum Gasteiger partial charge on any atom is -0.481 e. The van der Waals surface area contributed by atoms with E-state index in [-0.39, 0.29) is 12.5 Å². The standard InChI is InChI=1S/C23H30N6O3/c1-24-20-9-7-17(15-26-20)19(14-21(30)31)29-13-12-28(23(29)32)11-3-5-18-8-6-16-4-2-10-25-22(16)27-18/h6-9,15,19H,2-5,10-14H2,1H3,(H,24,26)(H,25,27)(H,30,31)/t19-/m1/s1. The number of nitrogens with zero attached hydrogens (tertiary/aromatic N) is 4. The Labute approximate surface area is 187 Å². The van der Waals surface area contributed by atoms with E-state index in [0.29, 0.717) is 25.5 Å². The van der Waals surface area contributed by atoms with Gasteiger partial charge in [-0.05, 0) is 48.9 Å². The second kappa shape index (κ2) is 9.84. The monoisotopic (exact) mass is 438 g/mol. The fraction of sp³-hybridized carbons (Fsp3) is 0.478. The van der Waals surface area contributed by atoms with Crippen molar-refractivity contribution in [1.82, 2.24) is 19.8 Å². The predicted molar refractivity (Wildman–Crippen MR) is 122 cm³/mol. The van der Waals surface area contributed by atoms with Crippen molar-refractivity contribution in [1.29, 1.82) is 0 Å². The zero-order valence-electron chi connectivity index (χ0n) is 18.4. The first-order chi connectivity index (χ1) is 15.5. The fourth-order valence-corrected chi connectivity index (χ4v) is 4.38. The number of carboxylic acid groups (broad SMARTS) is 1. The second-order valence-electron chi connectivity index (χ2n) is 8.25. The normalized spacial score (nSPS) is 16.5. The summed E-state index contributed by atoms with van der Waals surface area (Å²) in [5, 5.41) is 15.7. The Hall–Kier alpha value is -3.36. The minimum absolute atomic E-state index is 0.117. The number of aliphatic carboxylic acids is 1. The van der Waals surface area contributed by atoms with Crippen LogP contribution < -0.4 is 10.6 Å². The molecule has 3 N–H and O–H groups in total. The molecule has 4 rings (SSSR count). The molecule has 4 heterocycles. The van der Waals surface area contributed by atoms with Gasteiger partial charge in [0.15, 0.2) is 0 Å². The van der Waals surface area contributed by atoms with Crippen LogP contribution in [0.5, 0.6) is 0 Å². The van der Waals surface area contributed by atoms with Crippen LogP contribution in [0, 0.1) is 0 Å². The average molecular weight is 439 g/mol. The number of pyridine rings is 2. The Bertz CT molecular complexity index is 965. The maximum Gasteiger partial charge on any atom is 0.320 e. The van der Waals surface area contributed by atoms with E-state index in [1.54, 1.807) is 29.1 Å². The Morgan fingerprint density at radius 3 is 2.91 bits per heavy atom. The van der Waals surface area contributed by atoms with E-state index < -0.39 is 12.0 Å². The molecule has 32 heavy (non-hydrogen) atoms. The molecular formula is C23H30N6O3. The summed E-state index contributed by atoms with van der Waals surface area (Å²) in [6.07, 6.45) is 5.32. The predicted octanol–water partition coefficient (Wildman–Crippen LogP) is 2.76. The molecule has 1 fully saturated rings. The summed E-state index contributed by atoms with van der Waals surface area (Å²) in [5.41, 5.74) is 3.03. The lowest BCUT2D eigenvalue weighted by molar-refractivity contribution is -0.138. The molecule has 2 amide bonds. The van der Waals surface area contributed by atoms with Gasteiger partial charge in [-0.2, -0.15) is 0 Å². The largest absolute Gasteiger partial charge is 0.481 e. The summed E-state index contributed by atoms with van der Waals surface area (Å²) in [5.74, 6) is 0.751. The number of aromatic nitrogens is 2. The zero-order valence-corrected chi connectivity index (χ0v) is 18.4. The van der Waals surface area contributed by atoms with E-state index >= 15 is 0 Å². The molecule has 0 aliphatic carbocycles. The molecule has 0 bridgehead atoms. The molecule has 170 valence electrons. The Morgan fingerprint density at radius 1 is 1.28 bits per heavy atom. The van der Waals surface area contributed by atoms with Crippen molar-refractivity contribution in [2.75, 3.05) is 43.9 Å². The van der Waals surface area contributed by atoms with E-state index in [0.717, 1.165) is 49.3 Å². The topological polar surface area (TPSA) is 111 Å². The number of hydrogen-bond donors (Lipinski definition) is 3. The van der Waals surface area contributed by atoms with Crippen LogP contribution in [-0.2, 0) is 17.6 Å². The van der Waals surface area contributed by atoms with Gasteiger partial charge in [0.2, 0.25) is 0 Å². The summed E-state index contributed by atoms with van der Waals surface area (Å²) < 4.78 is 0. The van der Waals surface area contributed by atoms with Gasteiger partial charge in [0, 0.05) is 45.1 Å². The maximum atomic E-state index is 13.1. The summed E-state index contributed by atoms with van der Waals surface area (Å²) in [4.78, 5) is 37.0. The Balaban J connectivity index is 1.36. The number of rotatable bonds is 9. The Morgan fingerprint density at radius 2 is 2.16 bits per heavy atom. The molecule has 2 aromatic rings. The average Bonchev–Trinajstić information content (AvgIpc) is 3.17. The third-order valence-electron chi connectivity index (χ3n) is 6.11. The van der Waals surface area contributed by atoms with Crippen LogP contribution in [0.4, 0.5) is 16.4 Å². The van der Waals surface area contributed by atoms with Crippen molar-refractivity contribution >= 4 is 23.6 Å². The second-order valence-corrected chi connectivity index (χ2v) is 8.25. The number of hydrogen-bond acceptors (Lipinski definition) is 6. The van der Waals surface area contributed by atoms with E-state index in [2.05, 4.69) is 27.8 Å². The summed E-state index contributed by atoms with van der Waals surface area (Å²) in [7, 11) is 1.77. The minimum atomic E-state index is -0.939. The van der Waals surface area contributed by atoms with Crippen LogP contribution in [0.1, 0.15) is 42.1 Å². The van der Waals surface area contributed by atoms with Crippen molar-refractivity contribution in [2.45, 2.75) is 38.1 Å². The molecule has 1 atom stereocenters. The number of carboxylic acids is 1. The van der Waals surface area contributed by atoms with Gasteiger partial charge in [-0.25, -0.2) is 14.8 Å². The number of carbonyl (C=O) groups is 2. The number of fused-ring (bicyclic) bond motifs is 1. The molecule has 9 nitrogen and oxygen atoms in total. The quantitative estimate of drug-likeness (QED) is 0.552. The van der Waals surface area contributed by atoms with Gasteiger partial charge in [-0.3, -0.25) is 4.79 Å².